The third kappa shape index (κ3) is 4.84. The van der Waals surface area contributed by atoms with Gasteiger partial charge in [-0.2, -0.15) is 0 Å². The molecule has 6 heteroatoms. The van der Waals surface area contributed by atoms with Gasteiger partial charge in [0, 0.05) is 13.2 Å². The third-order valence-electron chi connectivity index (χ3n) is 4.49. The van der Waals surface area contributed by atoms with Crippen LogP contribution >= 0.6 is 0 Å². The lowest BCUT2D eigenvalue weighted by molar-refractivity contribution is 0.101. The Bertz CT molecular complexity index is 697. The number of benzene rings is 2. The number of fused-ring (bicyclic) bond motifs is 2. The maximum absolute atomic E-state index is 5.74. The van der Waals surface area contributed by atoms with Crippen molar-refractivity contribution in [2.75, 3.05) is 26.8 Å². The molecule has 27 heavy (non-hydrogen) atoms. The molecule has 0 aliphatic carbocycles. The molecular weight excluding hydrogens is 348 g/mol. The molecule has 0 spiro atoms. The number of hydrogen-bond acceptors (Lipinski definition) is 6. The molecule has 0 fully saturated rings. The fourth-order valence-corrected chi connectivity index (χ4v) is 3.03. The quantitative estimate of drug-likeness (QED) is 0.587. The van der Waals surface area contributed by atoms with Gasteiger partial charge in [-0.3, -0.25) is 0 Å². The van der Waals surface area contributed by atoms with E-state index in [1.54, 1.807) is 0 Å². The molecule has 0 radical (unpaired) electrons. The standard InChI is InChI=1S/C21H24O6/c1(2-8-22-12-16-4-6-18-20(10-16)26-14-24-18)3-9-23-13-17-5-7-19-21(11-17)27-15-25-19/h4-7,10-11H,1-3,8-9,12-15H2. The highest BCUT2D eigenvalue weighted by atomic mass is 16.7. The van der Waals surface area contributed by atoms with E-state index in [9.17, 15) is 0 Å². The highest BCUT2D eigenvalue weighted by Crippen LogP contribution is 2.33. The van der Waals surface area contributed by atoms with E-state index in [1.807, 2.05) is 36.4 Å². The van der Waals surface area contributed by atoms with Gasteiger partial charge in [0.05, 0.1) is 13.2 Å². The van der Waals surface area contributed by atoms with Gasteiger partial charge in [-0.25, -0.2) is 0 Å². The van der Waals surface area contributed by atoms with Crippen molar-refractivity contribution in [3.8, 4) is 23.0 Å². The van der Waals surface area contributed by atoms with Crippen LogP contribution in [0.3, 0.4) is 0 Å². The van der Waals surface area contributed by atoms with Crippen LogP contribution in [0.2, 0.25) is 0 Å². The van der Waals surface area contributed by atoms with E-state index < -0.39 is 0 Å². The number of rotatable bonds is 10. The Labute approximate surface area is 158 Å². The molecule has 2 aliphatic heterocycles. The number of ether oxygens (including phenoxy) is 6. The second-order valence-electron chi connectivity index (χ2n) is 6.54. The minimum Gasteiger partial charge on any atom is -0.454 e. The molecule has 2 aliphatic rings. The molecule has 6 nitrogen and oxygen atoms in total. The van der Waals surface area contributed by atoms with Crippen LogP contribution in [0.4, 0.5) is 0 Å². The zero-order valence-electron chi connectivity index (χ0n) is 15.3. The average molecular weight is 372 g/mol. The zero-order chi connectivity index (χ0) is 18.3. The summed E-state index contributed by atoms with van der Waals surface area (Å²) in [4.78, 5) is 0. The van der Waals surface area contributed by atoms with E-state index in [4.69, 9.17) is 28.4 Å². The largest absolute Gasteiger partial charge is 0.454 e. The molecule has 144 valence electrons. The minimum atomic E-state index is 0.302. The average Bonchev–Trinajstić information content (AvgIpc) is 3.34. The normalized spacial score (nSPS) is 13.9. The van der Waals surface area contributed by atoms with E-state index in [2.05, 4.69) is 0 Å². The van der Waals surface area contributed by atoms with E-state index >= 15 is 0 Å². The van der Waals surface area contributed by atoms with Crippen molar-refractivity contribution in [3.63, 3.8) is 0 Å². The predicted octanol–water partition coefficient (Wildman–Crippen LogP) is 4.05. The SMILES string of the molecule is c1cc2c(cc1COCCCCCOCc1ccc3c(c1)OCO3)OCO2. The van der Waals surface area contributed by atoms with Gasteiger partial charge < -0.3 is 28.4 Å². The third-order valence-corrected chi connectivity index (χ3v) is 4.49. The molecule has 0 saturated heterocycles. The van der Waals surface area contributed by atoms with Gasteiger partial charge in [0.1, 0.15) is 0 Å². The van der Waals surface area contributed by atoms with Gasteiger partial charge in [0.25, 0.3) is 0 Å². The van der Waals surface area contributed by atoms with E-state index in [0.717, 1.165) is 66.6 Å². The lowest BCUT2D eigenvalue weighted by Gasteiger charge is -2.07. The highest BCUT2D eigenvalue weighted by molar-refractivity contribution is 5.45. The minimum absolute atomic E-state index is 0.302. The molecule has 0 amide bonds. The molecule has 0 atom stereocenters. The van der Waals surface area contributed by atoms with E-state index in [0.29, 0.717) is 26.8 Å². The fraction of sp³-hybridized carbons (Fsp3) is 0.429. The number of hydrogen-bond donors (Lipinski definition) is 0. The second-order valence-corrected chi connectivity index (χ2v) is 6.54. The lowest BCUT2D eigenvalue weighted by Crippen LogP contribution is -1.99. The summed E-state index contributed by atoms with van der Waals surface area (Å²) in [5.41, 5.74) is 2.21. The van der Waals surface area contributed by atoms with Crippen LogP contribution in [0.25, 0.3) is 0 Å². The van der Waals surface area contributed by atoms with Crippen LogP contribution in [-0.4, -0.2) is 26.8 Å². The van der Waals surface area contributed by atoms with E-state index in [1.165, 1.54) is 0 Å². The first kappa shape index (κ1) is 17.9. The summed E-state index contributed by atoms with van der Waals surface area (Å²) in [5, 5.41) is 0. The molecule has 0 unspecified atom stereocenters. The van der Waals surface area contributed by atoms with Crippen molar-refractivity contribution in [3.05, 3.63) is 47.5 Å². The Morgan fingerprint density at radius 1 is 0.593 bits per heavy atom. The molecule has 2 aromatic carbocycles. The predicted molar refractivity (Wildman–Crippen MR) is 98.3 cm³/mol. The summed E-state index contributed by atoms with van der Waals surface area (Å²) in [5.74, 6) is 3.21. The number of unbranched alkanes of at least 4 members (excludes halogenated alkanes) is 2. The monoisotopic (exact) mass is 372 g/mol. The van der Waals surface area contributed by atoms with Crippen molar-refractivity contribution in [1.82, 2.24) is 0 Å². The second kappa shape index (κ2) is 8.97. The summed E-state index contributed by atoms with van der Waals surface area (Å²) in [6.07, 6.45) is 3.14. The van der Waals surface area contributed by atoms with Crippen LogP contribution in [0.5, 0.6) is 23.0 Å². The van der Waals surface area contributed by atoms with Gasteiger partial charge in [0.2, 0.25) is 13.6 Å². The van der Waals surface area contributed by atoms with Crippen LogP contribution in [0.15, 0.2) is 36.4 Å². The molecule has 0 bridgehead atoms. The zero-order valence-corrected chi connectivity index (χ0v) is 15.3. The molecule has 2 aromatic rings. The van der Waals surface area contributed by atoms with Crippen LogP contribution in [0.1, 0.15) is 30.4 Å². The van der Waals surface area contributed by atoms with Gasteiger partial charge in [0.15, 0.2) is 23.0 Å². The van der Waals surface area contributed by atoms with Crippen molar-refractivity contribution >= 4 is 0 Å². The Morgan fingerprint density at radius 2 is 1.07 bits per heavy atom. The first-order valence-electron chi connectivity index (χ1n) is 9.31. The summed E-state index contributed by atoms with van der Waals surface area (Å²) in [6, 6.07) is 11.8. The van der Waals surface area contributed by atoms with Gasteiger partial charge in [-0.1, -0.05) is 12.1 Å². The van der Waals surface area contributed by atoms with Crippen LogP contribution in [0, 0.1) is 0 Å². The summed E-state index contributed by atoms with van der Waals surface area (Å²) >= 11 is 0. The molecule has 0 N–H and O–H groups in total. The van der Waals surface area contributed by atoms with Crippen LogP contribution < -0.4 is 18.9 Å². The Kier molecular flexibility index (Phi) is 5.96. The molecular formula is C21H24O6. The van der Waals surface area contributed by atoms with Gasteiger partial charge >= 0.3 is 0 Å². The topological polar surface area (TPSA) is 55.4 Å². The summed E-state index contributed by atoms with van der Waals surface area (Å²) in [6.45, 7) is 3.29. The maximum Gasteiger partial charge on any atom is 0.231 e. The van der Waals surface area contributed by atoms with Gasteiger partial charge in [-0.15, -0.1) is 0 Å². The molecule has 0 saturated carbocycles. The first-order chi connectivity index (χ1) is 13.4. The lowest BCUT2D eigenvalue weighted by atomic mass is 10.2. The Balaban J connectivity index is 1.04. The molecule has 4 rings (SSSR count). The van der Waals surface area contributed by atoms with Crippen LogP contribution in [-0.2, 0) is 22.7 Å². The fourth-order valence-electron chi connectivity index (χ4n) is 3.03. The highest BCUT2D eigenvalue weighted by Gasteiger charge is 2.13. The maximum atomic E-state index is 5.74. The van der Waals surface area contributed by atoms with Crippen molar-refractivity contribution in [2.45, 2.75) is 32.5 Å². The first-order valence-corrected chi connectivity index (χ1v) is 9.31. The summed E-state index contributed by atoms with van der Waals surface area (Å²) < 4.78 is 32.8. The van der Waals surface area contributed by atoms with E-state index in [-0.39, 0.29) is 0 Å². The van der Waals surface area contributed by atoms with Crippen molar-refractivity contribution < 1.29 is 28.4 Å². The Hall–Kier alpha value is -2.44. The van der Waals surface area contributed by atoms with Crippen molar-refractivity contribution in [1.29, 1.82) is 0 Å². The smallest absolute Gasteiger partial charge is 0.231 e. The molecule has 0 aromatic heterocycles. The molecule has 2 heterocycles. The van der Waals surface area contributed by atoms with Gasteiger partial charge in [-0.05, 0) is 54.7 Å². The Morgan fingerprint density at radius 3 is 1.59 bits per heavy atom. The summed E-state index contributed by atoms with van der Waals surface area (Å²) in [7, 11) is 0. The van der Waals surface area contributed by atoms with Crippen molar-refractivity contribution in [2.24, 2.45) is 0 Å².